The molecule has 6 N–H and O–H groups in total. The van der Waals surface area contributed by atoms with Gasteiger partial charge in [-0.1, -0.05) is 5.16 Å². The van der Waals surface area contributed by atoms with Crippen molar-refractivity contribution in [2.75, 3.05) is 11.5 Å². The minimum atomic E-state index is -0.257. The molecule has 0 aliphatic carbocycles. The van der Waals surface area contributed by atoms with Crippen molar-refractivity contribution >= 4 is 11.4 Å². The van der Waals surface area contributed by atoms with Gasteiger partial charge < -0.3 is 26.2 Å². The van der Waals surface area contributed by atoms with E-state index in [0.717, 1.165) is 0 Å². The molecule has 3 rings (SSSR count). The largest absolute Gasteiger partial charge is 0.504 e. The molecule has 0 aliphatic rings. The van der Waals surface area contributed by atoms with Crippen LogP contribution in [-0.2, 0) is 0 Å². The van der Waals surface area contributed by atoms with Gasteiger partial charge in [0.05, 0.1) is 0 Å². The third-order valence-electron chi connectivity index (χ3n) is 2.88. The molecule has 21 heavy (non-hydrogen) atoms. The first-order valence-electron chi connectivity index (χ1n) is 6.05. The predicted octanol–water partition coefficient (Wildman–Crippen LogP) is 1.98. The van der Waals surface area contributed by atoms with Crippen LogP contribution in [0.1, 0.15) is 0 Å². The Kier molecular flexibility index (Phi) is 2.87. The molecule has 0 saturated heterocycles. The van der Waals surface area contributed by atoms with E-state index in [-0.39, 0.29) is 23.2 Å². The Labute approximate surface area is 119 Å². The lowest BCUT2D eigenvalue weighted by molar-refractivity contribution is 0.404. The van der Waals surface area contributed by atoms with Crippen LogP contribution in [-0.4, -0.2) is 20.4 Å². The number of nitrogen functional groups attached to an aromatic ring is 2. The third-order valence-corrected chi connectivity index (χ3v) is 2.88. The first kappa shape index (κ1) is 12.8. The van der Waals surface area contributed by atoms with Crippen LogP contribution in [0.2, 0.25) is 0 Å². The summed E-state index contributed by atoms with van der Waals surface area (Å²) < 4.78 is 5.17. The number of rotatable bonds is 2. The summed E-state index contributed by atoms with van der Waals surface area (Å²) in [6, 6.07) is 9.22. The summed E-state index contributed by atoms with van der Waals surface area (Å²) in [7, 11) is 0. The highest BCUT2D eigenvalue weighted by Crippen LogP contribution is 2.30. The maximum Gasteiger partial charge on any atom is 0.258 e. The third kappa shape index (κ3) is 2.44. The van der Waals surface area contributed by atoms with Gasteiger partial charge in [0.15, 0.2) is 11.5 Å². The fourth-order valence-electron chi connectivity index (χ4n) is 1.92. The lowest BCUT2D eigenvalue weighted by Gasteiger charge is -2.00. The summed E-state index contributed by atoms with van der Waals surface area (Å²) in [4.78, 5) is 4.22. The van der Waals surface area contributed by atoms with Crippen LogP contribution < -0.4 is 11.5 Å². The fourth-order valence-corrected chi connectivity index (χ4v) is 1.92. The lowest BCUT2D eigenvalue weighted by atomic mass is 10.1. The number of aromatic hydroxyl groups is 2. The SMILES string of the molecule is Nc1cc(N)cc(-c2nc(-c3ccc(O)c(O)c3)no2)c1. The minimum absolute atomic E-state index is 0.217. The Bertz CT molecular complexity index is 793. The van der Waals surface area contributed by atoms with Gasteiger partial charge in [0.1, 0.15) is 0 Å². The van der Waals surface area contributed by atoms with Crippen LogP contribution in [0.4, 0.5) is 11.4 Å². The zero-order valence-electron chi connectivity index (χ0n) is 10.8. The molecule has 0 atom stereocenters. The zero-order chi connectivity index (χ0) is 15.0. The maximum atomic E-state index is 9.49. The number of nitrogens with zero attached hydrogens (tertiary/aromatic N) is 2. The van der Waals surface area contributed by atoms with Crippen molar-refractivity contribution < 1.29 is 14.7 Å². The van der Waals surface area contributed by atoms with Crippen LogP contribution in [0.5, 0.6) is 11.5 Å². The van der Waals surface area contributed by atoms with Gasteiger partial charge in [-0.2, -0.15) is 4.98 Å². The van der Waals surface area contributed by atoms with Gasteiger partial charge in [-0.05, 0) is 36.4 Å². The molecule has 1 aromatic heterocycles. The Morgan fingerprint density at radius 2 is 1.57 bits per heavy atom. The molecule has 0 saturated carbocycles. The highest BCUT2D eigenvalue weighted by molar-refractivity contribution is 5.69. The highest BCUT2D eigenvalue weighted by atomic mass is 16.5. The number of anilines is 2. The van der Waals surface area contributed by atoms with Crippen molar-refractivity contribution in [3.05, 3.63) is 36.4 Å². The first-order chi connectivity index (χ1) is 10.0. The Morgan fingerprint density at radius 3 is 2.24 bits per heavy atom. The number of benzene rings is 2. The zero-order valence-corrected chi connectivity index (χ0v) is 10.8. The van der Waals surface area contributed by atoms with E-state index in [1.54, 1.807) is 24.3 Å². The summed E-state index contributed by atoms with van der Waals surface area (Å²) in [6.07, 6.45) is 0. The second-order valence-electron chi connectivity index (χ2n) is 4.51. The lowest BCUT2D eigenvalue weighted by Crippen LogP contribution is -1.91. The number of hydrogen-bond acceptors (Lipinski definition) is 7. The average Bonchev–Trinajstić information content (AvgIpc) is 2.90. The molecule has 7 heteroatoms. The van der Waals surface area contributed by atoms with Gasteiger partial charge >= 0.3 is 0 Å². The molecule has 3 aromatic rings. The molecule has 0 spiro atoms. The second kappa shape index (κ2) is 4.71. The van der Waals surface area contributed by atoms with Crippen LogP contribution in [0.3, 0.4) is 0 Å². The Morgan fingerprint density at radius 1 is 0.857 bits per heavy atom. The monoisotopic (exact) mass is 284 g/mol. The number of hydrogen-bond donors (Lipinski definition) is 4. The second-order valence-corrected chi connectivity index (χ2v) is 4.51. The van der Waals surface area contributed by atoms with Gasteiger partial charge in [-0.3, -0.25) is 0 Å². The molecule has 1 heterocycles. The van der Waals surface area contributed by atoms with E-state index in [1.807, 2.05) is 0 Å². The molecule has 106 valence electrons. The molecule has 0 fully saturated rings. The van der Waals surface area contributed by atoms with E-state index in [2.05, 4.69) is 10.1 Å². The van der Waals surface area contributed by atoms with Crippen LogP contribution >= 0.6 is 0 Å². The van der Waals surface area contributed by atoms with Crippen LogP contribution in [0.25, 0.3) is 22.8 Å². The highest BCUT2D eigenvalue weighted by Gasteiger charge is 2.13. The number of phenolic OH excluding ortho intramolecular Hbond substituents is 2. The van der Waals surface area contributed by atoms with Crippen molar-refractivity contribution in [2.45, 2.75) is 0 Å². The van der Waals surface area contributed by atoms with Crippen molar-refractivity contribution in [2.24, 2.45) is 0 Å². The minimum Gasteiger partial charge on any atom is -0.504 e. The van der Waals surface area contributed by atoms with E-state index >= 15 is 0 Å². The fraction of sp³-hybridized carbons (Fsp3) is 0. The summed E-state index contributed by atoms with van der Waals surface area (Å²) in [6.45, 7) is 0. The molecular weight excluding hydrogens is 272 g/mol. The van der Waals surface area contributed by atoms with Crippen molar-refractivity contribution in [1.82, 2.24) is 10.1 Å². The molecule has 0 unspecified atom stereocenters. The molecule has 2 aromatic carbocycles. The number of aromatic nitrogens is 2. The van der Waals surface area contributed by atoms with E-state index in [9.17, 15) is 10.2 Å². The number of nitrogens with two attached hydrogens (primary N) is 2. The molecule has 0 radical (unpaired) electrons. The summed E-state index contributed by atoms with van der Waals surface area (Å²) in [5, 5.41) is 22.6. The van der Waals surface area contributed by atoms with Gasteiger partial charge in [0.2, 0.25) is 5.82 Å². The van der Waals surface area contributed by atoms with E-state index in [4.69, 9.17) is 16.0 Å². The maximum absolute atomic E-state index is 9.49. The van der Waals surface area contributed by atoms with Crippen molar-refractivity contribution in [1.29, 1.82) is 0 Å². The molecule has 7 nitrogen and oxygen atoms in total. The van der Waals surface area contributed by atoms with Crippen molar-refractivity contribution in [3.8, 4) is 34.3 Å². The van der Waals surface area contributed by atoms with Gasteiger partial charge in [-0.25, -0.2) is 0 Å². The Hall–Kier alpha value is -3.22. The first-order valence-corrected chi connectivity index (χ1v) is 6.05. The predicted molar refractivity (Wildman–Crippen MR) is 77.3 cm³/mol. The topological polar surface area (TPSA) is 131 Å². The van der Waals surface area contributed by atoms with Crippen molar-refractivity contribution in [3.63, 3.8) is 0 Å². The summed E-state index contributed by atoms with van der Waals surface area (Å²) in [5.74, 6) is 0.0657. The quantitative estimate of drug-likeness (QED) is 0.418. The number of phenols is 2. The van der Waals surface area contributed by atoms with E-state index in [0.29, 0.717) is 22.5 Å². The normalized spacial score (nSPS) is 10.7. The summed E-state index contributed by atoms with van der Waals surface area (Å²) >= 11 is 0. The van der Waals surface area contributed by atoms with Crippen LogP contribution in [0.15, 0.2) is 40.9 Å². The van der Waals surface area contributed by atoms with E-state index in [1.165, 1.54) is 12.1 Å². The average molecular weight is 284 g/mol. The standard InChI is InChI=1S/C14H12N4O3/c15-9-3-8(4-10(16)6-9)14-17-13(18-21-14)7-1-2-11(19)12(20)5-7/h1-6,19-20H,15-16H2. The van der Waals surface area contributed by atoms with Gasteiger partial charge in [0, 0.05) is 22.5 Å². The van der Waals surface area contributed by atoms with E-state index < -0.39 is 0 Å². The van der Waals surface area contributed by atoms with Crippen LogP contribution in [0, 0.1) is 0 Å². The molecule has 0 aliphatic heterocycles. The molecular formula is C14H12N4O3. The Balaban J connectivity index is 2.01. The summed E-state index contributed by atoms with van der Waals surface area (Å²) in [5.41, 5.74) is 13.5. The molecule has 0 amide bonds. The van der Waals surface area contributed by atoms with Gasteiger partial charge in [0.25, 0.3) is 5.89 Å². The smallest absolute Gasteiger partial charge is 0.258 e. The van der Waals surface area contributed by atoms with Gasteiger partial charge in [-0.15, -0.1) is 0 Å². The molecule has 0 bridgehead atoms.